The number of nitrogens with zero attached hydrogens (tertiary/aromatic N) is 2. The van der Waals surface area contributed by atoms with Gasteiger partial charge in [-0.3, -0.25) is 14.9 Å². The van der Waals surface area contributed by atoms with Crippen molar-refractivity contribution in [3.8, 4) is 0 Å². The summed E-state index contributed by atoms with van der Waals surface area (Å²) >= 11 is 2.95. The van der Waals surface area contributed by atoms with Gasteiger partial charge >= 0.3 is 0 Å². The standard InChI is InChI=1S/C23H28N4O2S2/c28-19(12-23-9-16-6-17(10-23)8-18(7-16)11-23)24-13-20(29)25-21-26-27-22(31-21)30-14-15-4-2-1-3-5-15/h1-5,16-18H,6-14H2,(H,24,28)(H,25,26,29). The van der Waals surface area contributed by atoms with Crippen molar-refractivity contribution in [3.05, 3.63) is 35.9 Å². The number of carbonyl (C=O) groups excluding carboxylic acids is 2. The number of hydrogen-bond acceptors (Lipinski definition) is 6. The molecule has 164 valence electrons. The van der Waals surface area contributed by atoms with Gasteiger partial charge in [0.15, 0.2) is 4.34 Å². The second-order valence-electron chi connectivity index (χ2n) is 9.57. The summed E-state index contributed by atoms with van der Waals surface area (Å²) < 4.78 is 0.810. The molecule has 0 aliphatic heterocycles. The van der Waals surface area contributed by atoms with Gasteiger partial charge in [0.1, 0.15) is 0 Å². The highest BCUT2D eigenvalue weighted by Gasteiger charge is 2.51. The number of amides is 2. The third-order valence-corrected chi connectivity index (χ3v) is 9.05. The van der Waals surface area contributed by atoms with E-state index in [1.165, 1.54) is 55.4 Å². The minimum absolute atomic E-state index is 0.00784. The Bertz CT molecular complexity index is 911. The molecule has 0 atom stereocenters. The van der Waals surface area contributed by atoms with Crippen LogP contribution in [0.3, 0.4) is 0 Å². The lowest BCUT2D eigenvalue weighted by Gasteiger charge is -2.56. The van der Waals surface area contributed by atoms with E-state index >= 15 is 0 Å². The summed E-state index contributed by atoms with van der Waals surface area (Å²) in [6, 6.07) is 10.2. The predicted molar refractivity (Wildman–Crippen MR) is 123 cm³/mol. The lowest BCUT2D eigenvalue weighted by atomic mass is 9.49. The smallest absolute Gasteiger partial charge is 0.245 e. The van der Waals surface area contributed by atoms with Crippen LogP contribution in [0.5, 0.6) is 0 Å². The van der Waals surface area contributed by atoms with E-state index in [-0.39, 0.29) is 23.8 Å². The SMILES string of the molecule is O=C(CC12CC3CC(CC(C3)C1)C2)NCC(=O)Nc1nnc(SCc2ccccc2)s1. The highest BCUT2D eigenvalue weighted by molar-refractivity contribution is 8.00. The highest BCUT2D eigenvalue weighted by atomic mass is 32.2. The molecule has 2 N–H and O–H groups in total. The van der Waals surface area contributed by atoms with Crippen LogP contribution >= 0.6 is 23.1 Å². The number of anilines is 1. The quantitative estimate of drug-likeness (QED) is 0.452. The van der Waals surface area contributed by atoms with E-state index in [1.54, 1.807) is 11.8 Å². The topological polar surface area (TPSA) is 84.0 Å². The fourth-order valence-electron chi connectivity index (χ4n) is 6.29. The maximum atomic E-state index is 12.6. The summed E-state index contributed by atoms with van der Waals surface area (Å²) in [7, 11) is 0. The summed E-state index contributed by atoms with van der Waals surface area (Å²) in [5.41, 5.74) is 1.41. The number of benzene rings is 1. The summed E-state index contributed by atoms with van der Waals surface area (Å²) in [6.45, 7) is -0.0166. The molecule has 2 aromatic rings. The average Bonchev–Trinajstić information content (AvgIpc) is 3.17. The van der Waals surface area contributed by atoms with Crippen molar-refractivity contribution in [2.24, 2.45) is 23.2 Å². The number of carbonyl (C=O) groups is 2. The van der Waals surface area contributed by atoms with Gasteiger partial charge in [-0.1, -0.05) is 53.4 Å². The maximum Gasteiger partial charge on any atom is 0.245 e. The van der Waals surface area contributed by atoms with Crippen molar-refractivity contribution in [1.82, 2.24) is 15.5 Å². The first-order valence-electron chi connectivity index (χ1n) is 11.1. The number of aromatic nitrogens is 2. The van der Waals surface area contributed by atoms with Gasteiger partial charge < -0.3 is 5.32 Å². The molecule has 4 fully saturated rings. The van der Waals surface area contributed by atoms with Crippen molar-refractivity contribution >= 4 is 40.0 Å². The van der Waals surface area contributed by atoms with E-state index in [2.05, 4.69) is 33.0 Å². The third kappa shape index (κ3) is 5.12. The molecule has 4 saturated carbocycles. The molecule has 4 aliphatic carbocycles. The molecule has 0 radical (unpaired) electrons. The first-order chi connectivity index (χ1) is 15.1. The van der Waals surface area contributed by atoms with Gasteiger partial charge in [0.2, 0.25) is 16.9 Å². The Morgan fingerprint density at radius 1 is 1.00 bits per heavy atom. The van der Waals surface area contributed by atoms with E-state index < -0.39 is 0 Å². The Hall–Kier alpha value is -1.93. The first-order valence-corrected chi connectivity index (χ1v) is 12.9. The lowest BCUT2D eigenvalue weighted by molar-refractivity contribution is -0.131. The third-order valence-electron chi connectivity index (χ3n) is 7.00. The zero-order valence-corrected chi connectivity index (χ0v) is 19.1. The van der Waals surface area contributed by atoms with E-state index in [0.717, 1.165) is 27.8 Å². The van der Waals surface area contributed by atoms with Crippen molar-refractivity contribution in [3.63, 3.8) is 0 Å². The van der Waals surface area contributed by atoms with Crippen LogP contribution in [0.15, 0.2) is 34.7 Å². The predicted octanol–water partition coefficient (Wildman–Crippen LogP) is 4.49. The molecule has 1 aromatic heterocycles. The lowest BCUT2D eigenvalue weighted by Crippen LogP contribution is -2.48. The Balaban J connectivity index is 1.06. The van der Waals surface area contributed by atoms with Gasteiger partial charge in [0.25, 0.3) is 0 Å². The Morgan fingerprint density at radius 2 is 1.68 bits per heavy atom. The molecule has 6 rings (SSSR count). The van der Waals surface area contributed by atoms with Crippen molar-refractivity contribution in [1.29, 1.82) is 0 Å². The summed E-state index contributed by atoms with van der Waals surface area (Å²) in [5, 5.41) is 14.2. The minimum Gasteiger partial charge on any atom is -0.347 e. The van der Waals surface area contributed by atoms with Crippen LogP contribution in [0.2, 0.25) is 0 Å². The zero-order valence-electron chi connectivity index (χ0n) is 17.5. The maximum absolute atomic E-state index is 12.6. The average molecular weight is 457 g/mol. The second kappa shape index (κ2) is 8.90. The molecule has 0 saturated heterocycles. The molecule has 2 amide bonds. The summed E-state index contributed by atoms with van der Waals surface area (Å²) in [4.78, 5) is 24.9. The van der Waals surface area contributed by atoms with E-state index in [9.17, 15) is 9.59 Å². The molecule has 0 spiro atoms. The van der Waals surface area contributed by atoms with Gasteiger partial charge in [-0.05, 0) is 67.3 Å². The Labute approximate surface area is 191 Å². The molecule has 0 unspecified atom stereocenters. The second-order valence-corrected chi connectivity index (χ2v) is 11.8. The van der Waals surface area contributed by atoms with Crippen molar-refractivity contribution in [2.75, 3.05) is 11.9 Å². The Morgan fingerprint density at radius 3 is 2.35 bits per heavy atom. The largest absolute Gasteiger partial charge is 0.347 e. The molecule has 1 heterocycles. The van der Waals surface area contributed by atoms with Crippen LogP contribution < -0.4 is 10.6 Å². The van der Waals surface area contributed by atoms with E-state index in [1.807, 2.05) is 18.2 Å². The van der Waals surface area contributed by atoms with Crippen molar-refractivity contribution in [2.45, 2.75) is 55.0 Å². The van der Waals surface area contributed by atoms with Crippen LogP contribution in [0, 0.1) is 23.2 Å². The van der Waals surface area contributed by atoms with E-state index in [0.29, 0.717) is 11.6 Å². The Kier molecular flexibility index (Phi) is 6.01. The fraction of sp³-hybridized carbons (Fsp3) is 0.565. The monoisotopic (exact) mass is 456 g/mol. The van der Waals surface area contributed by atoms with E-state index in [4.69, 9.17) is 0 Å². The minimum atomic E-state index is -0.255. The van der Waals surface area contributed by atoms with Crippen LogP contribution in [0.4, 0.5) is 5.13 Å². The molecule has 6 nitrogen and oxygen atoms in total. The number of hydrogen-bond donors (Lipinski definition) is 2. The number of thioether (sulfide) groups is 1. The number of nitrogens with one attached hydrogen (secondary N) is 2. The number of rotatable bonds is 8. The molecule has 8 heteroatoms. The zero-order chi connectivity index (χ0) is 21.3. The molecule has 4 aliphatic rings. The highest BCUT2D eigenvalue weighted by Crippen LogP contribution is 2.61. The molecular weight excluding hydrogens is 428 g/mol. The van der Waals surface area contributed by atoms with Crippen LogP contribution in [-0.2, 0) is 15.3 Å². The van der Waals surface area contributed by atoms with Crippen LogP contribution in [0.25, 0.3) is 0 Å². The molecule has 1 aromatic carbocycles. The molecule has 31 heavy (non-hydrogen) atoms. The summed E-state index contributed by atoms with van der Waals surface area (Å²) in [5.74, 6) is 3.04. The first kappa shape index (κ1) is 20.9. The normalized spacial score (nSPS) is 28.5. The molecular formula is C23H28N4O2S2. The van der Waals surface area contributed by atoms with Gasteiger partial charge in [-0.2, -0.15) is 0 Å². The van der Waals surface area contributed by atoms with Gasteiger partial charge in [0.05, 0.1) is 6.54 Å². The summed E-state index contributed by atoms with van der Waals surface area (Å²) in [6.07, 6.45) is 8.29. The van der Waals surface area contributed by atoms with Gasteiger partial charge in [-0.15, -0.1) is 10.2 Å². The van der Waals surface area contributed by atoms with Crippen molar-refractivity contribution < 1.29 is 9.59 Å². The van der Waals surface area contributed by atoms with Gasteiger partial charge in [0, 0.05) is 12.2 Å². The fourth-order valence-corrected chi connectivity index (χ4v) is 8.01. The van der Waals surface area contributed by atoms with Crippen LogP contribution in [-0.4, -0.2) is 28.6 Å². The van der Waals surface area contributed by atoms with Gasteiger partial charge in [-0.25, -0.2) is 0 Å². The van der Waals surface area contributed by atoms with Crippen LogP contribution in [0.1, 0.15) is 50.5 Å². The molecule has 4 bridgehead atoms.